The predicted octanol–water partition coefficient (Wildman–Crippen LogP) is 2.17. The Morgan fingerprint density at radius 2 is 2.24 bits per heavy atom. The number of rotatable bonds is 1. The average Bonchev–Trinajstić information content (AvgIpc) is 2.37. The standard InChI is InChI=1S/C12H10N4O/c1-8-7-13-11-6-5-9-3-2-4-10(15-17)12(9)16(11)14-8/h2-6H,7H2,1H3/p+1. The number of hydrogen-bond acceptors (Lipinski definition) is 4. The quantitative estimate of drug-likeness (QED) is 0.599. The average molecular weight is 227 g/mol. The van der Waals surface area contributed by atoms with Crippen molar-refractivity contribution in [2.45, 2.75) is 6.92 Å². The van der Waals surface area contributed by atoms with E-state index >= 15 is 0 Å². The van der Waals surface area contributed by atoms with Crippen LogP contribution in [0.25, 0.3) is 10.9 Å². The van der Waals surface area contributed by atoms with Crippen LogP contribution in [0.15, 0.2) is 40.6 Å². The summed E-state index contributed by atoms with van der Waals surface area (Å²) in [5.74, 6) is 0.874. The van der Waals surface area contributed by atoms with Gasteiger partial charge >= 0.3 is 5.82 Å². The Bertz CT molecular complexity index is 648. The summed E-state index contributed by atoms with van der Waals surface area (Å²) in [5, 5.41) is 11.7. The summed E-state index contributed by atoms with van der Waals surface area (Å²) in [7, 11) is 0. The van der Waals surface area contributed by atoms with Crippen molar-refractivity contribution in [2.75, 3.05) is 11.9 Å². The number of aromatic nitrogens is 1. The molecule has 0 atom stereocenters. The second kappa shape index (κ2) is 3.62. The van der Waals surface area contributed by atoms with Crippen LogP contribution >= 0.6 is 0 Å². The molecule has 2 aromatic rings. The normalized spacial score (nSPS) is 13.8. The van der Waals surface area contributed by atoms with Crippen LogP contribution in [0.4, 0.5) is 11.5 Å². The van der Waals surface area contributed by atoms with Crippen LogP contribution in [0.1, 0.15) is 6.92 Å². The van der Waals surface area contributed by atoms with Crippen molar-refractivity contribution in [1.82, 2.24) is 0 Å². The van der Waals surface area contributed by atoms with Crippen LogP contribution in [-0.2, 0) is 0 Å². The van der Waals surface area contributed by atoms with E-state index in [4.69, 9.17) is 0 Å². The van der Waals surface area contributed by atoms with Crippen LogP contribution in [0.3, 0.4) is 0 Å². The smallest absolute Gasteiger partial charge is 0.267 e. The van der Waals surface area contributed by atoms with Crippen molar-refractivity contribution in [3.63, 3.8) is 0 Å². The third kappa shape index (κ3) is 1.47. The lowest BCUT2D eigenvalue weighted by atomic mass is 10.2. The molecule has 0 amide bonds. The van der Waals surface area contributed by atoms with Crippen molar-refractivity contribution >= 4 is 28.1 Å². The summed E-state index contributed by atoms with van der Waals surface area (Å²) in [4.78, 5) is 10.9. The van der Waals surface area contributed by atoms with Crippen LogP contribution in [0, 0.1) is 4.91 Å². The molecule has 1 aromatic heterocycles. The molecule has 1 aromatic carbocycles. The van der Waals surface area contributed by atoms with Crippen LogP contribution in [-0.4, -0.2) is 12.3 Å². The third-order valence-corrected chi connectivity index (χ3v) is 2.80. The number of anilines is 1. The van der Waals surface area contributed by atoms with Gasteiger partial charge in [0.2, 0.25) is 0 Å². The highest BCUT2D eigenvalue weighted by molar-refractivity contribution is 5.89. The van der Waals surface area contributed by atoms with Crippen LogP contribution in [0.5, 0.6) is 0 Å². The van der Waals surface area contributed by atoms with Gasteiger partial charge in [-0.25, -0.2) is 0 Å². The Kier molecular flexibility index (Phi) is 2.11. The molecule has 0 aliphatic carbocycles. The number of hydrogen-bond donors (Lipinski definition) is 1. The zero-order chi connectivity index (χ0) is 11.8. The molecule has 1 aliphatic heterocycles. The number of benzene rings is 1. The molecule has 0 saturated carbocycles. The summed E-state index contributed by atoms with van der Waals surface area (Å²) >= 11 is 0. The largest absolute Gasteiger partial charge is 0.300 e. The van der Waals surface area contributed by atoms with Gasteiger partial charge in [0.15, 0.2) is 11.2 Å². The Morgan fingerprint density at radius 3 is 3.06 bits per heavy atom. The molecule has 84 valence electrons. The van der Waals surface area contributed by atoms with E-state index in [0.717, 1.165) is 29.0 Å². The second-order valence-corrected chi connectivity index (χ2v) is 4.03. The van der Waals surface area contributed by atoms with Gasteiger partial charge in [-0.05, 0) is 24.2 Å². The fraction of sp³-hybridized carbons (Fsp3) is 0.167. The lowest BCUT2D eigenvalue weighted by Gasteiger charge is -2.11. The molecule has 2 heterocycles. The maximum Gasteiger partial charge on any atom is 0.300 e. The molecule has 17 heavy (non-hydrogen) atoms. The van der Waals surface area contributed by atoms with Gasteiger partial charge in [-0.3, -0.25) is 5.32 Å². The van der Waals surface area contributed by atoms with E-state index in [2.05, 4.69) is 15.6 Å². The van der Waals surface area contributed by atoms with E-state index in [-0.39, 0.29) is 0 Å². The molecule has 1 aliphatic rings. The molecular weight excluding hydrogens is 216 g/mol. The fourth-order valence-corrected chi connectivity index (χ4v) is 2.01. The Labute approximate surface area is 97.7 Å². The molecule has 5 nitrogen and oxygen atoms in total. The molecule has 5 heteroatoms. The Balaban J connectivity index is 2.45. The van der Waals surface area contributed by atoms with Crippen LogP contribution < -0.4 is 9.99 Å². The zero-order valence-corrected chi connectivity index (χ0v) is 9.34. The molecular formula is C12H11N4O+. The van der Waals surface area contributed by atoms with Crippen molar-refractivity contribution in [3.05, 3.63) is 35.2 Å². The monoisotopic (exact) mass is 227 g/mol. The first kappa shape index (κ1) is 9.89. The summed E-state index contributed by atoms with van der Waals surface area (Å²) < 4.78 is 1.74. The van der Waals surface area contributed by atoms with E-state index < -0.39 is 0 Å². The van der Waals surface area contributed by atoms with Gasteiger partial charge in [0.1, 0.15) is 6.54 Å². The first-order chi connectivity index (χ1) is 8.29. The molecule has 3 rings (SSSR count). The number of para-hydroxylation sites is 1. The Hall–Kier alpha value is -2.30. The maximum atomic E-state index is 10.9. The lowest BCUT2D eigenvalue weighted by molar-refractivity contribution is -0.639. The molecule has 0 radical (unpaired) electrons. The summed E-state index contributed by atoms with van der Waals surface area (Å²) in [5.41, 5.74) is 2.12. The molecule has 1 N–H and O–H groups in total. The number of pyridine rings is 1. The number of nitroso groups, excluding NO2 is 1. The van der Waals surface area contributed by atoms with Crippen molar-refractivity contribution in [2.24, 2.45) is 10.3 Å². The first-order valence-electron chi connectivity index (χ1n) is 5.39. The summed E-state index contributed by atoms with van der Waals surface area (Å²) in [6.45, 7) is 2.67. The van der Waals surface area contributed by atoms with Gasteiger partial charge in [0.25, 0.3) is 0 Å². The fourth-order valence-electron chi connectivity index (χ4n) is 2.01. The second-order valence-electron chi connectivity index (χ2n) is 4.03. The van der Waals surface area contributed by atoms with Gasteiger partial charge in [0, 0.05) is 11.5 Å². The van der Waals surface area contributed by atoms with Crippen molar-refractivity contribution < 1.29 is 4.68 Å². The Morgan fingerprint density at radius 1 is 1.35 bits per heavy atom. The molecule has 0 saturated heterocycles. The number of fused-ring (bicyclic) bond motifs is 3. The topological polar surface area (TPSA) is 57.7 Å². The highest BCUT2D eigenvalue weighted by atomic mass is 16.3. The minimum atomic E-state index is 0.407. The van der Waals surface area contributed by atoms with Gasteiger partial charge in [-0.15, -0.1) is 4.91 Å². The molecule has 0 spiro atoms. The van der Waals surface area contributed by atoms with Crippen molar-refractivity contribution in [1.29, 1.82) is 0 Å². The van der Waals surface area contributed by atoms with E-state index in [1.165, 1.54) is 0 Å². The minimum absolute atomic E-state index is 0.407. The van der Waals surface area contributed by atoms with E-state index in [9.17, 15) is 4.91 Å². The lowest BCUT2D eigenvalue weighted by Crippen LogP contribution is -2.40. The van der Waals surface area contributed by atoms with Gasteiger partial charge in [0.05, 0.1) is 5.71 Å². The number of nitrogens with zero attached hydrogens (tertiary/aromatic N) is 3. The first-order valence-corrected chi connectivity index (χ1v) is 5.39. The molecule has 0 bridgehead atoms. The van der Waals surface area contributed by atoms with Gasteiger partial charge in [-0.1, -0.05) is 21.9 Å². The maximum absolute atomic E-state index is 10.9. The SMILES string of the molecule is CC1=N[n+]2c(ccc3cccc(N=O)c32)NC1. The van der Waals surface area contributed by atoms with E-state index in [0.29, 0.717) is 5.69 Å². The van der Waals surface area contributed by atoms with Crippen molar-refractivity contribution in [3.8, 4) is 0 Å². The van der Waals surface area contributed by atoms with E-state index in [1.807, 2.05) is 31.2 Å². The molecule has 0 unspecified atom stereocenters. The summed E-state index contributed by atoms with van der Waals surface area (Å²) in [6, 6.07) is 9.36. The van der Waals surface area contributed by atoms with Gasteiger partial charge in [-0.2, -0.15) is 0 Å². The highest BCUT2D eigenvalue weighted by Gasteiger charge is 2.20. The van der Waals surface area contributed by atoms with Gasteiger partial charge < -0.3 is 0 Å². The van der Waals surface area contributed by atoms with Crippen LogP contribution in [0.2, 0.25) is 0 Å². The minimum Gasteiger partial charge on any atom is -0.267 e. The van der Waals surface area contributed by atoms with E-state index in [1.54, 1.807) is 10.7 Å². The molecule has 0 fully saturated rings. The number of nitrogens with one attached hydrogen (secondary N) is 1. The predicted molar refractivity (Wildman–Crippen MR) is 66.6 cm³/mol. The third-order valence-electron chi connectivity index (χ3n) is 2.80. The zero-order valence-electron chi connectivity index (χ0n) is 9.34. The summed E-state index contributed by atoms with van der Waals surface area (Å²) in [6.07, 6.45) is 0. The highest BCUT2D eigenvalue weighted by Crippen LogP contribution is 2.24.